The van der Waals surface area contributed by atoms with Crippen molar-refractivity contribution < 1.29 is 4.39 Å². The molecule has 0 bridgehead atoms. The van der Waals surface area contributed by atoms with Gasteiger partial charge in [0.1, 0.15) is 18.0 Å². The van der Waals surface area contributed by atoms with Crippen LogP contribution in [-0.4, -0.2) is 46.3 Å². The molecule has 0 aliphatic rings. The van der Waals surface area contributed by atoms with Crippen LogP contribution in [-0.2, 0) is 19.5 Å². The molecule has 0 unspecified atom stereocenters. The molecule has 1 N–H and O–H groups in total. The zero-order valence-corrected chi connectivity index (χ0v) is 16.6. The lowest BCUT2D eigenvalue weighted by atomic mass is 10.2. The predicted molar refractivity (Wildman–Crippen MR) is 104 cm³/mol. The monoisotopic (exact) mass is 446 g/mol. The highest BCUT2D eigenvalue weighted by Gasteiger charge is 2.07. The predicted octanol–water partition coefficient (Wildman–Crippen LogP) is 2.31. The maximum Gasteiger partial charge on any atom is 0.193 e. The Balaban J connectivity index is 0.00000288. The average Bonchev–Trinajstić information content (AvgIpc) is 2.99. The van der Waals surface area contributed by atoms with Crippen LogP contribution in [0, 0.1) is 5.82 Å². The van der Waals surface area contributed by atoms with E-state index in [1.54, 1.807) is 19.4 Å². The molecule has 0 amide bonds. The first-order chi connectivity index (χ1) is 11.1. The van der Waals surface area contributed by atoms with E-state index in [-0.39, 0.29) is 29.8 Å². The largest absolute Gasteiger partial charge is 0.354 e. The Labute approximate surface area is 159 Å². The quantitative estimate of drug-likeness (QED) is 0.421. The maximum atomic E-state index is 13.3. The molecule has 1 aromatic carbocycles. The summed E-state index contributed by atoms with van der Waals surface area (Å²) in [5.41, 5.74) is 0.905. The molecular weight excluding hydrogens is 422 g/mol. The average molecular weight is 446 g/mol. The van der Waals surface area contributed by atoms with Gasteiger partial charge in [-0.3, -0.25) is 4.99 Å². The molecule has 0 radical (unpaired) electrons. The summed E-state index contributed by atoms with van der Waals surface area (Å²) in [6.45, 7) is 4.12. The van der Waals surface area contributed by atoms with Crippen molar-refractivity contribution in [1.29, 1.82) is 0 Å². The van der Waals surface area contributed by atoms with Crippen LogP contribution in [0.1, 0.15) is 18.3 Å². The lowest BCUT2D eigenvalue weighted by Gasteiger charge is -2.22. The van der Waals surface area contributed by atoms with Crippen molar-refractivity contribution in [2.45, 2.75) is 26.4 Å². The van der Waals surface area contributed by atoms with Crippen molar-refractivity contribution in [3.63, 3.8) is 0 Å². The number of nitrogens with one attached hydrogen (secondary N) is 1. The Morgan fingerprint density at radius 3 is 2.88 bits per heavy atom. The molecule has 0 fully saturated rings. The van der Waals surface area contributed by atoms with Crippen molar-refractivity contribution in [3.05, 3.63) is 47.8 Å². The summed E-state index contributed by atoms with van der Waals surface area (Å²) < 4.78 is 15.3. The second-order valence-corrected chi connectivity index (χ2v) is 5.25. The van der Waals surface area contributed by atoms with E-state index >= 15 is 0 Å². The van der Waals surface area contributed by atoms with Gasteiger partial charge in [-0.15, -0.1) is 34.2 Å². The number of hydrogen-bond donors (Lipinski definition) is 1. The molecule has 6 nitrogen and oxygen atoms in total. The highest BCUT2D eigenvalue weighted by atomic mass is 127. The lowest BCUT2D eigenvalue weighted by Crippen LogP contribution is -2.39. The first-order valence-corrected chi connectivity index (χ1v) is 7.67. The molecule has 1 aromatic heterocycles. The summed E-state index contributed by atoms with van der Waals surface area (Å²) in [6.07, 6.45) is 2.59. The molecule has 8 heteroatoms. The van der Waals surface area contributed by atoms with Crippen LogP contribution in [0.3, 0.4) is 0 Å². The number of aromatic nitrogens is 3. The van der Waals surface area contributed by atoms with Crippen molar-refractivity contribution in [2.75, 3.05) is 20.6 Å². The first-order valence-electron chi connectivity index (χ1n) is 7.67. The minimum absolute atomic E-state index is 0. The Morgan fingerprint density at radius 2 is 2.21 bits per heavy atom. The van der Waals surface area contributed by atoms with E-state index in [4.69, 9.17) is 0 Å². The van der Waals surface area contributed by atoms with Gasteiger partial charge in [-0.2, -0.15) is 0 Å². The minimum atomic E-state index is -0.224. The number of aryl methyl sites for hydroxylation is 1. The molecule has 0 saturated heterocycles. The van der Waals surface area contributed by atoms with Crippen LogP contribution in [0.15, 0.2) is 35.6 Å². The molecule has 0 spiro atoms. The van der Waals surface area contributed by atoms with E-state index in [1.165, 1.54) is 12.1 Å². The number of hydrogen-bond acceptors (Lipinski definition) is 3. The number of aliphatic imine (C=N–C) groups is 1. The highest BCUT2D eigenvalue weighted by molar-refractivity contribution is 14.0. The van der Waals surface area contributed by atoms with Gasteiger partial charge in [0.15, 0.2) is 5.96 Å². The minimum Gasteiger partial charge on any atom is -0.354 e. The van der Waals surface area contributed by atoms with Crippen LogP contribution in [0.2, 0.25) is 0 Å². The van der Waals surface area contributed by atoms with Crippen molar-refractivity contribution in [2.24, 2.45) is 4.99 Å². The molecule has 24 heavy (non-hydrogen) atoms. The summed E-state index contributed by atoms with van der Waals surface area (Å²) in [7, 11) is 3.66. The molecule has 0 aliphatic heterocycles. The zero-order valence-electron chi connectivity index (χ0n) is 14.2. The Bertz CT molecular complexity index is 658. The summed E-state index contributed by atoms with van der Waals surface area (Å²) in [6, 6.07) is 6.60. The molecular formula is C16H24FIN6. The van der Waals surface area contributed by atoms with Crippen molar-refractivity contribution in [3.8, 4) is 0 Å². The number of rotatable bonds is 6. The fourth-order valence-corrected chi connectivity index (χ4v) is 2.40. The topological polar surface area (TPSA) is 58.3 Å². The number of halogens is 2. The molecule has 2 aromatic rings. The third-order valence-electron chi connectivity index (χ3n) is 3.53. The standard InChI is InChI=1S/C16H23FN6.HI/c1-4-15-21-20-12-23(15)9-8-19-16(18-2)22(3)11-13-6-5-7-14(17)10-13;/h5-7,10,12H,4,8-9,11H2,1-3H3,(H,18,19);1H. The van der Waals surface area contributed by atoms with Crippen LogP contribution in [0.4, 0.5) is 4.39 Å². The second kappa shape index (κ2) is 10.2. The van der Waals surface area contributed by atoms with Gasteiger partial charge in [-0.05, 0) is 17.7 Å². The maximum absolute atomic E-state index is 13.3. The van der Waals surface area contributed by atoms with Gasteiger partial charge in [0.05, 0.1) is 0 Å². The van der Waals surface area contributed by atoms with Gasteiger partial charge in [0.25, 0.3) is 0 Å². The molecule has 132 valence electrons. The van der Waals surface area contributed by atoms with E-state index in [9.17, 15) is 4.39 Å². The van der Waals surface area contributed by atoms with Crippen LogP contribution in [0.25, 0.3) is 0 Å². The Kier molecular flexibility index (Phi) is 8.66. The molecule has 0 aliphatic carbocycles. The van der Waals surface area contributed by atoms with Gasteiger partial charge in [0.2, 0.25) is 0 Å². The van der Waals surface area contributed by atoms with E-state index in [0.29, 0.717) is 13.1 Å². The van der Waals surface area contributed by atoms with Crippen LogP contribution in [0.5, 0.6) is 0 Å². The van der Waals surface area contributed by atoms with Crippen molar-refractivity contribution >= 4 is 29.9 Å². The third-order valence-corrected chi connectivity index (χ3v) is 3.53. The SMILES string of the molecule is CCc1nncn1CCNC(=NC)N(C)Cc1cccc(F)c1.I. The van der Waals surface area contributed by atoms with E-state index < -0.39 is 0 Å². The number of benzene rings is 1. The normalized spacial score (nSPS) is 11.1. The molecule has 1 heterocycles. The van der Waals surface area contributed by atoms with Crippen LogP contribution >= 0.6 is 24.0 Å². The van der Waals surface area contributed by atoms with Crippen molar-refractivity contribution in [1.82, 2.24) is 25.0 Å². The van der Waals surface area contributed by atoms with Gasteiger partial charge in [-0.25, -0.2) is 4.39 Å². The van der Waals surface area contributed by atoms with Gasteiger partial charge in [0, 0.05) is 40.2 Å². The third kappa shape index (κ3) is 5.73. The summed E-state index contributed by atoms with van der Waals surface area (Å²) >= 11 is 0. The zero-order chi connectivity index (χ0) is 16.7. The molecule has 0 atom stereocenters. The number of nitrogens with zero attached hydrogens (tertiary/aromatic N) is 5. The summed E-state index contributed by atoms with van der Waals surface area (Å²) in [5.74, 6) is 1.51. The van der Waals surface area contributed by atoms with E-state index in [0.717, 1.165) is 30.3 Å². The number of guanidine groups is 1. The van der Waals surface area contributed by atoms with Gasteiger partial charge < -0.3 is 14.8 Å². The van der Waals surface area contributed by atoms with E-state index in [1.807, 2.05) is 22.6 Å². The van der Waals surface area contributed by atoms with Gasteiger partial charge in [-0.1, -0.05) is 19.1 Å². The fourth-order valence-electron chi connectivity index (χ4n) is 2.40. The first kappa shape index (κ1) is 20.3. The molecule has 0 saturated carbocycles. The second-order valence-electron chi connectivity index (χ2n) is 5.25. The summed E-state index contributed by atoms with van der Waals surface area (Å²) in [4.78, 5) is 6.23. The van der Waals surface area contributed by atoms with Crippen LogP contribution < -0.4 is 5.32 Å². The van der Waals surface area contributed by atoms with E-state index in [2.05, 4.69) is 27.4 Å². The fraction of sp³-hybridized carbons (Fsp3) is 0.438. The lowest BCUT2D eigenvalue weighted by molar-refractivity contribution is 0.470. The molecule has 2 rings (SSSR count). The smallest absolute Gasteiger partial charge is 0.193 e. The Hall–Kier alpha value is -1.71. The highest BCUT2D eigenvalue weighted by Crippen LogP contribution is 2.06. The summed E-state index contributed by atoms with van der Waals surface area (Å²) in [5, 5.41) is 11.3. The van der Waals surface area contributed by atoms with Gasteiger partial charge >= 0.3 is 0 Å². The Morgan fingerprint density at radius 1 is 1.42 bits per heavy atom.